The summed E-state index contributed by atoms with van der Waals surface area (Å²) in [4.78, 5) is 11.3. The lowest BCUT2D eigenvalue weighted by Crippen LogP contribution is -2.38. The van der Waals surface area contributed by atoms with Crippen molar-refractivity contribution in [3.63, 3.8) is 0 Å². The number of hydrogen-bond donors (Lipinski definition) is 2. The minimum Gasteiger partial charge on any atom is -0.355 e. The smallest absolute Gasteiger partial charge is 0.224 e. The van der Waals surface area contributed by atoms with Gasteiger partial charge in [0, 0.05) is 19.0 Å². The van der Waals surface area contributed by atoms with Crippen LogP contribution in [0, 0.1) is 11.3 Å². The van der Waals surface area contributed by atoms with Crippen LogP contribution in [0.25, 0.3) is 0 Å². The fourth-order valence-electron chi connectivity index (χ4n) is 0.733. The lowest BCUT2D eigenvalue weighted by Gasteiger charge is -2.23. The molecule has 3 heteroatoms. The summed E-state index contributed by atoms with van der Waals surface area (Å²) in [5.41, 5.74) is 5.57. The zero-order chi connectivity index (χ0) is 10.5. The van der Waals surface area contributed by atoms with E-state index < -0.39 is 0 Å². The molecule has 0 aliphatic heterocycles. The number of carbonyl (C=O) groups excluding carboxylic acids is 1. The van der Waals surface area contributed by atoms with Crippen LogP contribution in [0.3, 0.4) is 0 Å². The average Bonchev–Trinajstić information content (AvgIpc) is 2.13. The van der Waals surface area contributed by atoms with Crippen molar-refractivity contribution in [3.05, 3.63) is 0 Å². The molecule has 0 heterocycles. The summed E-state index contributed by atoms with van der Waals surface area (Å²) in [6.07, 6.45) is 1.06. The molecule has 0 saturated carbocycles. The second-order valence-electron chi connectivity index (χ2n) is 4.37. The van der Waals surface area contributed by atoms with E-state index in [9.17, 15) is 4.79 Å². The maximum absolute atomic E-state index is 11.3. The third-order valence-electron chi connectivity index (χ3n) is 2.50. The Balaban J connectivity index is 3.83. The van der Waals surface area contributed by atoms with E-state index in [1.807, 2.05) is 6.92 Å². The third-order valence-corrected chi connectivity index (χ3v) is 2.50. The van der Waals surface area contributed by atoms with E-state index in [1.165, 1.54) is 0 Å². The quantitative estimate of drug-likeness (QED) is 0.676. The molecule has 0 radical (unpaired) electrons. The fourth-order valence-corrected chi connectivity index (χ4v) is 0.733. The summed E-state index contributed by atoms with van der Waals surface area (Å²) in [5, 5.41) is 2.91. The average molecular weight is 186 g/mol. The van der Waals surface area contributed by atoms with E-state index >= 15 is 0 Å². The molecule has 0 spiro atoms. The Bertz CT molecular complexity index is 166. The second kappa shape index (κ2) is 5.22. The molecule has 0 aromatic heterocycles. The SMILES string of the molecule is CCC(C)(C)CNC(=O)C(C)CN. The summed E-state index contributed by atoms with van der Waals surface area (Å²) in [6, 6.07) is 0. The summed E-state index contributed by atoms with van der Waals surface area (Å²) < 4.78 is 0. The summed E-state index contributed by atoms with van der Waals surface area (Å²) in [7, 11) is 0. The van der Waals surface area contributed by atoms with Crippen LogP contribution in [0.5, 0.6) is 0 Å². The molecule has 0 bridgehead atoms. The minimum absolute atomic E-state index is 0.0593. The molecular formula is C10H22N2O. The number of nitrogens with two attached hydrogens (primary N) is 1. The molecule has 0 aliphatic carbocycles. The molecule has 3 N–H and O–H groups in total. The molecule has 1 atom stereocenters. The van der Waals surface area contributed by atoms with Gasteiger partial charge in [-0.3, -0.25) is 4.79 Å². The van der Waals surface area contributed by atoms with Crippen LogP contribution in [-0.4, -0.2) is 19.0 Å². The van der Waals surface area contributed by atoms with Crippen LogP contribution in [-0.2, 0) is 4.79 Å². The zero-order valence-electron chi connectivity index (χ0n) is 9.18. The van der Waals surface area contributed by atoms with E-state index in [0.717, 1.165) is 13.0 Å². The highest BCUT2D eigenvalue weighted by molar-refractivity contribution is 5.78. The Kier molecular flexibility index (Phi) is 4.99. The summed E-state index contributed by atoms with van der Waals surface area (Å²) >= 11 is 0. The molecule has 0 fully saturated rings. The van der Waals surface area contributed by atoms with Crippen molar-refractivity contribution in [2.75, 3.05) is 13.1 Å². The van der Waals surface area contributed by atoms with Gasteiger partial charge in [-0.2, -0.15) is 0 Å². The molecule has 1 amide bonds. The Morgan fingerprint density at radius 1 is 1.54 bits per heavy atom. The van der Waals surface area contributed by atoms with Gasteiger partial charge in [0.05, 0.1) is 0 Å². The summed E-state index contributed by atoms with van der Waals surface area (Å²) in [5.74, 6) is -0.0170. The monoisotopic (exact) mass is 186 g/mol. The largest absolute Gasteiger partial charge is 0.355 e. The van der Waals surface area contributed by atoms with Gasteiger partial charge in [-0.1, -0.05) is 27.7 Å². The number of nitrogens with one attached hydrogen (secondary N) is 1. The maximum Gasteiger partial charge on any atom is 0.224 e. The Labute approximate surface area is 81.1 Å². The van der Waals surface area contributed by atoms with E-state index in [4.69, 9.17) is 5.73 Å². The first-order valence-corrected chi connectivity index (χ1v) is 4.90. The van der Waals surface area contributed by atoms with Gasteiger partial charge in [0.25, 0.3) is 0 Å². The van der Waals surface area contributed by atoms with E-state index in [0.29, 0.717) is 6.54 Å². The number of hydrogen-bond acceptors (Lipinski definition) is 2. The predicted molar refractivity (Wildman–Crippen MR) is 55.3 cm³/mol. The van der Waals surface area contributed by atoms with Crippen LogP contribution < -0.4 is 11.1 Å². The molecular weight excluding hydrogens is 164 g/mol. The van der Waals surface area contributed by atoms with E-state index in [-0.39, 0.29) is 17.2 Å². The lowest BCUT2D eigenvalue weighted by atomic mass is 9.90. The number of rotatable bonds is 5. The molecule has 78 valence electrons. The fraction of sp³-hybridized carbons (Fsp3) is 0.900. The maximum atomic E-state index is 11.3. The topological polar surface area (TPSA) is 55.1 Å². The Morgan fingerprint density at radius 2 is 2.08 bits per heavy atom. The van der Waals surface area contributed by atoms with Gasteiger partial charge in [-0.15, -0.1) is 0 Å². The van der Waals surface area contributed by atoms with Gasteiger partial charge in [0.15, 0.2) is 0 Å². The van der Waals surface area contributed by atoms with Gasteiger partial charge in [0.1, 0.15) is 0 Å². The number of carbonyl (C=O) groups is 1. The van der Waals surface area contributed by atoms with Crippen molar-refractivity contribution in [2.24, 2.45) is 17.1 Å². The van der Waals surface area contributed by atoms with Gasteiger partial charge in [0.2, 0.25) is 5.91 Å². The molecule has 0 rings (SSSR count). The molecule has 13 heavy (non-hydrogen) atoms. The Morgan fingerprint density at radius 3 is 2.46 bits per heavy atom. The van der Waals surface area contributed by atoms with Crippen molar-refractivity contribution in [2.45, 2.75) is 34.1 Å². The second-order valence-corrected chi connectivity index (χ2v) is 4.37. The zero-order valence-corrected chi connectivity index (χ0v) is 9.18. The lowest BCUT2D eigenvalue weighted by molar-refractivity contribution is -0.124. The van der Waals surface area contributed by atoms with Crippen molar-refractivity contribution in [1.29, 1.82) is 0 Å². The highest BCUT2D eigenvalue weighted by Gasteiger charge is 2.17. The van der Waals surface area contributed by atoms with Crippen LogP contribution >= 0.6 is 0 Å². The molecule has 1 unspecified atom stereocenters. The van der Waals surface area contributed by atoms with Crippen LogP contribution in [0.2, 0.25) is 0 Å². The van der Waals surface area contributed by atoms with Crippen molar-refractivity contribution in [3.8, 4) is 0 Å². The minimum atomic E-state index is -0.0762. The first kappa shape index (κ1) is 12.4. The van der Waals surface area contributed by atoms with Gasteiger partial charge < -0.3 is 11.1 Å². The van der Waals surface area contributed by atoms with Crippen molar-refractivity contribution >= 4 is 5.91 Å². The standard InChI is InChI=1S/C10H22N2O/c1-5-10(3,4)7-12-9(13)8(2)6-11/h8H,5-7,11H2,1-4H3,(H,12,13). The molecule has 0 aliphatic rings. The normalized spacial score (nSPS) is 13.9. The van der Waals surface area contributed by atoms with Crippen LogP contribution in [0.4, 0.5) is 0 Å². The first-order valence-electron chi connectivity index (χ1n) is 4.90. The molecule has 0 saturated heterocycles. The van der Waals surface area contributed by atoms with Crippen molar-refractivity contribution < 1.29 is 4.79 Å². The van der Waals surface area contributed by atoms with Gasteiger partial charge in [-0.05, 0) is 11.8 Å². The molecule has 0 aromatic carbocycles. The van der Waals surface area contributed by atoms with E-state index in [1.54, 1.807) is 0 Å². The highest BCUT2D eigenvalue weighted by atomic mass is 16.1. The van der Waals surface area contributed by atoms with Crippen LogP contribution in [0.15, 0.2) is 0 Å². The summed E-state index contributed by atoms with van der Waals surface area (Å²) in [6.45, 7) is 9.39. The highest BCUT2D eigenvalue weighted by Crippen LogP contribution is 2.17. The van der Waals surface area contributed by atoms with Crippen LogP contribution in [0.1, 0.15) is 34.1 Å². The Hall–Kier alpha value is -0.570. The third kappa shape index (κ3) is 4.88. The molecule has 3 nitrogen and oxygen atoms in total. The van der Waals surface area contributed by atoms with E-state index in [2.05, 4.69) is 26.1 Å². The van der Waals surface area contributed by atoms with Gasteiger partial charge >= 0.3 is 0 Å². The van der Waals surface area contributed by atoms with Crippen molar-refractivity contribution in [1.82, 2.24) is 5.32 Å². The predicted octanol–water partition coefficient (Wildman–Crippen LogP) is 1.13. The number of amides is 1. The van der Waals surface area contributed by atoms with Gasteiger partial charge in [-0.25, -0.2) is 0 Å². The first-order chi connectivity index (χ1) is 5.93. The molecule has 0 aromatic rings.